The second kappa shape index (κ2) is 6.24. The molecule has 20 heavy (non-hydrogen) atoms. The molecule has 1 aromatic rings. The third-order valence-electron chi connectivity index (χ3n) is 4.11. The van der Waals surface area contributed by atoms with Gasteiger partial charge < -0.3 is 15.4 Å². The average molecular weight is 296 g/mol. The number of amides is 1. The van der Waals surface area contributed by atoms with Gasteiger partial charge in [0.25, 0.3) is 5.91 Å². The van der Waals surface area contributed by atoms with E-state index in [1.54, 1.807) is 18.4 Å². The van der Waals surface area contributed by atoms with Crippen molar-refractivity contribution in [1.29, 1.82) is 0 Å². The Morgan fingerprint density at radius 1 is 1.45 bits per heavy atom. The lowest BCUT2D eigenvalue weighted by Gasteiger charge is -2.35. The third kappa shape index (κ3) is 3.05. The maximum atomic E-state index is 12.6. The predicted molar refractivity (Wildman–Crippen MR) is 82.2 cm³/mol. The minimum absolute atomic E-state index is 0.0113. The zero-order valence-electron chi connectivity index (χ0n) is 12.7. The zero-order valence-corrected chi connectivity index (χ0v) is 13.5. The molecule has 1 fully saturated rings. The van der Waals surface area contributed by atoms with Crippen molar-refractivity contribution in [2.75, 3.05) is 20.2 Å². The van der Waals surface area contributed by atoms with Gasteiger partial charge in [0, 0.05) is 16.9 Å². The van der Waals surface area contributed by atoms with Gasteiger partial charge in [0.05, 0.1) is 6.04 Å². The van der Waals surface area contributed by atoms with Crippen LogP contribution in [0.1, 0.15) is 41.1 Å². The number of aryl methyl sites for hydroxylation is 2. The first-order valence-electron chi connectivity index (χ1n) is 7.12. The first kappa shape index (κ1) is 15.5. The van der Waals surface area contributed by atoms with Crippen LogP contribution in [0.4, 0.5) is 0 Å². The molecular formula is C15H24N2O2S. The molecule has 0 aromatic carbocycles. The van der Waals surface area contributed by atoms with E-state index in [0.29, 0.717) is 0 Å². The number of piperidine rings is 1. The highest BCUT2D eigenvalue weighted by molar-refractivity contribution is 7.12. The molecule has 0 radical (unpaired) electrons. The molecule has 1 saturated heterocycles. The predicted octanol–water partition coefficient (Wildman–Crippen LogP) is 2.31. The van der Waals surface area contributed by atoms with Crippen molar-refractivity contribution in [3.8, 4) is 0 Å². The van der Waals surface area contributed by atoms with E-state index in [1.165, 1.54) is 15.3 Å². The molecule has 4 nitrogen and oxygen atoms in total. The van der Waals surface area contributed by atoms with Gasteiger partial charge >= 0.3 is 0 Å². The van der Waals surface area contributed by atoms with Gasteiger partial charge in [0.1, 0.15) is 5.60 Å². The van der Waals surface area contributed by atoms with Crippen molar-refractivity contribution in [2.24, 2.45) is 0 Å². The molecule has 0 bridgehead atoms. The monoisotopic (exact) mass is 296 g/mol. The van der Waals surface area contributed by atoms with E-state index in [2.05, 4.69) is 30.5 Å². The highest BCUT2D eigenvalue weighted by Gasteiger charge is 2.40. The van der Waals surface area contributed by atoms with Gasteiger partial charge in [0.15, 0.2) is 0 Å². The first-order valence-corrected chi connectivity index (χ1v) is 7.94. The molecule has 2 rings (SSSR count). The van der Waals surface area contributed by atoms with Crippen LogP contribution in [0.25, 0.3) is 0 Å². The quantitative estimate of drug-likeness (QED) is 0.896. The summed E-state index contributed by atoms with van der Waals surface area (Å²) in [6.07, 6.45) is 1.45. The van der Waals surface area contributed by atoms with Crippen LogP contribution in [0, 0.1) is 13.8 Å². The molecule has 1 unspecified atom stereocenters. The topological polar surface area (TPSA) is 50.4 Å². The molecule has 1 aliphatic heterocycles. The van der Waals surface area contributed by atoms with E-state index in [9.17, 15) is 4.79 Å². The average Bonchev–Trinajstić information content (AvgIpc) is 2.78. The molecule has 1 atom stereocenters. The van der Waals surface area contributed by atoms with Gasteiger partial charge in [-0.2, -0.15) is 0 Å². The number of carbonyl (C=O) groups excluding carboxylic acids is 1. The van der Waals surface area contributed by atoms with E-state index < -0.39 is 5.60 Å². The molecule has 1 aliphatic rings. The maximum absolute atomic E-state index is 12.6. The van der Waals surface area contributed by atoms with Gasteiger partial charge in [-0.3, -0.25) is 4.79 Å². The summed E-state index contributed by atoms with van der Waals surface area (Å²) in [7, 11) is 1.63. The second-order valence-corrected chi connectivity index (χ2v) is 6.97. The number of methoxy groups -OCH3 is 1. The van der Waals surface area contributed by atoms with Crippen molar-refractivity contribution in [1.82, 2.24) is 10.6 Å². The maximum Gasteiger partial charge on any atom is 0.252 e. The minimum Gasteiger partial charge on any atom is -0.368 e. The normalized spacial score (nSPS) is 19.6. The molecular weight excluding hydrogens is 272 g/mol. The van der Waals surface area contributed by atoms with Crippen LogP contribution in [-0.2, 0) is 9.53 Å². The molecule has 0 saturated carbocycles. The number of hydrogen-bond donors (Lipinski definition) is 2. The van der Waals surface area contributed by atoms with Crippen LogP contribution in [0.2, 0.25) is 0 Å². The number of carbonyl (C=O) groups is 1. The molecule has 5 heteroatoms. The Bertz CT molecular complexity index is 478. The fourth-order valence-corrected chi connectivity index (χ4v) is 3.86. The van der Waals surface area contributed by atoms with Crippen LogP contribution in [-0.4, -0.2) is 31.7 Å². The smallest absolute Gasteiger partial charge is 0.252 e. The van der Waals surface area contributed by atoms with Crippen LogP contribution < -0.4 is 10.6 Å². The molecule has 0 spiro atoms. The molecule has 2 heterocycles. The van der Waals surface area contributed by atoms with Crippen molar-refractivity contribution in [3.63, 3.8) is 0 Å². The highest BCUT2D eigenvalue weighted by atomic mass is 32.1. The molecule has 2 N–H and O–H groups in total. The lowest BCUT2D eigenvalue weighted by molar-refractivity contribution is -0.147. The Balaban J connectivity index is 2.08. The fraction of sp³-hybridized carbons (Fsp3) is 0.667. The van der Waals surface area contributed by atoms with E-state index in [0.717, 1.165) is 25.9 Å². The van der Waals surface area contributed by atoms with Crippen LogP contribution in [0.5, 0.6) is 0 Å². The lowest BCUT2D eigenvalue weighted by atomic mass is 9.90. The van der Waals surface area contributed by atoms with Crippen molar-refractivity contribution in [3.05, 3.63) is 21.4 Å². The summed E-state index contributed by atoms with van der Waals surface area (Å²) in [6.45, 7) is 7.89. The van der Waals surface area contributed by atoms with Crippen LogP contribution >= 0.6 is 11.3 Å². The third-order valence-corrected chi connectivity index (χ3v) is 5.09. The number of ether oxygens (including phenoxy) is 1. The Hall–Kier alpha value is -0.910. The first-order chi connectivity index (χ1) is 9.48. The Kier molecular flexibility index (Phi) is 4.83. The number of thiophene rings is 1. The van der Waals surface area contributed by atoms with Gasteiger partial charge in [0.2, 0.25) is 0 Å². The van der Waals surface area contributed by atoms with E-state index in [-0.39, 0.29) is 11.9 Å². The molecule has 112 valence electrons. The summed E-state index contributed by atoms with van der Waals surface area (Å²) in [5, 5.41) is 6.39. The SMILES string of the molecule is COC1(C(=O)NC(C)c2cc(C)sc2C)CCNCC1. The van der Waals surface area contributed by atoms with Crippen LogP contribution in [0.3, 0.4) is 0 Å². The zero-order chi connectivity index (χ0) is 14.8. The fourth-order valence-electron chi connectivity index (χ4n) is 2.84. The lowest BCUT2D eigenvalue weighted by Crippen LogP contribution is -2.54. The number of nitrogens with one attached hydrogen (secondary N) is 2. The summed E-state index contributed by atoms with van der Waals surface area (Å²) >= 11 is 1.77. The van der Waals surface area contributed by atoms with Crippen LogP contribution in [0.15, 0.2) is 6.07 Å². The largest absolute Gasteiger partial charge is 0.368 e. The van der Waals surface area contributed by atoms with Gasteiger partial charge in [-0.1, -0.05) is 0 Å². The highest BCUT2D eigenvalue weighted by Crippen LogP contribution is 2.28. The summed E-state index contributed by atoms with van der Waals surface area (Å²) in [5.74, 6) is 0.0113. The Labute approximate surface area is 124 Å². The summed E-state index contributed by atoms with van der Waals surface area (Å²) in [5.41, 5.74) is 0.541. The van der Waals surface area contributed by atoms with Crippen molar-refractivity contribution in [2.45, 2.75) is 45.3 Å². The second-order valence-electron chi connectivity index (χ2n) is 5.51. The number of hydrogen-bond acceptors (Lipinski definition) is 4. The van der Waals surface area contributed by atoms with Crippen molar-refractivity contribution >= 4 is 17.2 Å². The summed E-state index contributed by atoms with van der Waals surface area (Å²) in [4.78, 5) is 15.1. The van der Waals surface area contributed by atoms with E-state index in [1.807, 2.05) is 6.92 Å². The van der Waals surface area contributed by atoms with Gasteiger partial charge in [-0.15, -0.1) is 11.3 Å². The molecule has 0 aliphatic carbocycles. The number of rotatable bonds is 4. The Morgan fingerprint density at radius 2 is 2.10 bits per heavy atom. The van der Waals surface area contributed by atoms with E-state index in [4.69, 9.17) is 4.74 Å². The van der Waals surface area contributed by atoms with Gasteiger partial charge in [-0.25, -0.2) is 0 Å². The van der Waals surface area contributed by atoms with Crippen molar-refractivity contribution < 1.29 is 9.53 Å². The minimum atomic E-state index is -0.668. The summed E-state index contributed by atoms with van der Waals surface area (Å²) in [6, 6.07) is 2.18. The van der Waals surface area contributed by atoms with E-state index >= 15 is 0 Å². The van der Waals surface area contributed by atoms with Gasteiger partial charge in [-0.05, 0) is 58.3 Å². The Morgan fingerprint density at radius 3 is 2.60 bits per heavy atom. The standard InChI is InChI=1S/C15H24N2O2S/c1-10-9-13(12(3)20-10)11(2)17-14(18)15(19-4)5-7-16-8-6-15/h9,11,16H,5-8H2,1-4H3,(H,17,18). The summed E-state index contributed by atoms with van der Waals surface area (Å²) < 4.78 is 5.56. The molecule has 1 aromatic heterocycles. The molecule has 1 amide bonds.